The molecule has 0 N–H and O–H groups in total. The van der Waals surface area contributed by atoms with Crippen molar-refractivity contribution in [1.29, 1.82) is 0 Å². The van der Waals surface area contributed by atoms with Crippen molar-refractivity contribution < 1.29 is 20.6 Å². The van der Waals surface area contributed by atoms with Gasteiger partial charge in [-0.2, -0.15) is 0 Å². The van der Waals surface area contributed by atoms with Gasteiger partial charge in [0.2, 0.25) is 0 Å². The van der Waals surface area contributed by atoms with Crippen molar-refractivity contribution in [3.63, 3.8) is 0 Å². The summed E-state index contributed by atoms with van der Waals surface area (Å²) >= 11 is 5.96. The van der Waals surface area contributed by atoms with E-state index in [9.17, 15) is 1.37 Å². The van der Waals surface area contributed by atoms with Crippen LogP contribution in [0.4, 0.5) is 0 Å². The minimum absolute atomic E-state index is 0.107. The zero-order valence-electron chi connectivity index (χ0n) is 26.3. The molecule has 0 heterocycles. The second kappa shape index (κ2) is 6.49. The number of hydrogen-bond donors (Lipinski definition) is 0. The fourth-order valence-corrected chi connectivity index (χ4v) is 2.66. The molecule has 1 aromatic rings. The molecule has 0 bridgehead atoms. The Morgan fingerprint density at radius 3 is 2.55 bits per heavy atom. The van der Waals surface area contributed by atoms with E-state index in [0.717, 1.165) is 0 Å². The summed E-state index contributed by atoms with van der Waals surface area (Å²) in [5.41, 5.74) is -1.79. The zero-order chi connectivity index (χ0) is 27.7. The lowest BCUT2D eigenvalue weighted by molar-refractivity contribution is 0.0785. The Morgan fingerprint density at radius 2 is 2.10 bits per heavy atom. The van der Waals surface area contributed by atoms with E-state index >= 15 is 0 Å². The van der Waals surface area contributed by atoms with Gasteiger partial charge in [0.25, 0.3) is 0 Å². The van der Waals surface area contributed by atoms with Gasteiger partial charge in [-0.15, -0.1) is 0 Å². The molecular weight excluding hydrogens is 266 g/mol. The molecule has 0 aliphatic heterocycles. The molecule has 1 aliphatic rings. The van der Waals surface area contributed by atoms with Crippen LogP contribution in [0.1, 0.15) is 71.9 Å². The molecule has 1 fully saturated rings. The minimum Gasteiger partial charge on any atom is -0.306 e. The summed E-state index contributed by atoms with van der Waals surface area (Å²) in [6, 6.07) is 2.05. The molecule has 2 atom stereocenters. The van der Waals surface area contributed by atoms with Gasteiger partial charge in [-0.3, -0.25) is 0 Å². The molecule has 1 nitrogen and oxygen atoms in total. The van der Waals surface area contributed by atoms with E-state index in [1.807, 2.05) is 0 Å². The van der Waals surface area contributed by atoms with E-state index < -0.39 is 50.9 Å². The first-order valence-electron chi connectivity index (χ1n) is 13.9. The fraction of sp³-hybridized carbons (Fsp3) is 0.667. The van der Waals surface area contributed by atoms with Crippen molar-refractivity contribution in [2.24, 2.45) is 5.89 Å². The van der Waals surface area contributed by atoms with Crippen LogP contribution in [0.3, 0.4) is 0 Å². The zero-order valence-corrected chi connectivity index (χ0v) is 12.0. The number of likely N-dealkylation sites (N-methyl/N-ethyl adjacent to an activating group) is 1. The summed E-state index contributed by atoms with van der Waals surface area (Å²) in [4.78, 5) is -0.332. The van der Waals surface area contributed by atoms with Crippen LogP contribution in [0.5, 0.6) is 0 Å². The van der Waals surface area contributed by atoms with Crippen molar-refractivity contribution in [2.75, 3.05) is 14.0 Å². The van der Waals surface area contributed by atoms with Crippen LogP contribution in [0.25, 0.3) is 0 Å². The van der Waals surface area contributed by atoms with E-state index in [-0.39, 0.29) is 28.3 Å². The third kappa shape index (κ3) is 3.04. The van der Waals surface area contributed by atoms with E-state index in [2.05, 4.69) is 0 Å². The monoisotopic (exact) mass is 308 g/mol. The molecular formula is C18H28ClN. The first kappa shape index (κ1) is 5.28. The molecule has 0 radical (unpaired) electrons. The normalized spacial score (nSPS) is 38.0. The maximum absolute atomic E-state index is 9.47. The molecule has 0 amide bonds. The van der Waals surface area contributed by atoms with Gasteiger partial charge >= 0.3 is 0 Å². The molecule has 2 unspecified atom stereocenters. The lowest BCUT2D eigenvalue weighted by Crippen LogP contribution is -2.52. The molecule has 0 saturated heterocycles. The maximum atomic E-state index is 9.47. The second-order valence-corrected chi connectivity index (χ2v) is 5.31. The topological polar surface area (TPSA) is 3.24 Å². The maximum Gasteiger partial charge on any atom is 0.0476 e. The number of benzene rings is 1. The Hall–Kier alpha value is -0.530. The first-order chi connectivity index (χ1) is 15.3. The SMILES string of the molecule is [2H]C([2H])([2H])N(C([2H])([2H])[2H])C([2H])(C1(c2ccc(Cl)cc2)CCC1)C([2H])([2H])C([2H])(C([2H])([2H])[2H])C([2H])([2H])C. The standard InChI is InChI=1S/C18H28ClN/c1-5-14(2)13-17(20(3)4)18(11-6-12-18)15-7-9-16(19)10-8-15/h7-10,14,17H,5-6,11-13H2,1-4H3/i2D3,3D3,4D3,5D2,13D2,14D,17D. The second-order valence-electron chi connectivity index (χ2n) is 4.88. The highest BCUT2D eigenvalue weighted by molar-refractivity contribution is 6.30. The van der Waals surface area contributed by atoms with Gasteiger partial charge in [0.15, 0.2) is 0 Å². The lowest BCUT2D eigenvalue weighted by atomic mass is 9.58. The molecule has 1 aliphatic carbocycles. The highest BCUT2D eigenvalue weighted by Crippen LogP contribution is 2.49. The number of nitrogens with zero attached hydrogens (tertiary/aromatic N) is 1. The fourth-order valence-electron chi connectivity index (χ4n) is 2.53. The van der Waals surface area contributed by atoms with Crippen LogP contribution in [0, 0.1) is 5.89 Å². The Balaban J connectivity index is 3.13. The molecule has 2 heteroatoms. The largest absolute Gasteiger partial charge is 0.306 e. The number of halogens is 1. The number of hydrogen-bond acceptors (Lipinski definition) is 1. The van der Waals surface area contributed by atoms with Crippen LogP contribution in [0.2, 0.25) is 5.02 Å². The summed E-state index contributed by atoms with van der Waals surface area (Å²) in [6.45, 7) is -10.4. The predicted molar refractivity (Wildman–Crippen MR) is 88.5 cm³/mol. The van der Waals surface area contributed by atoms with Crippen LogP contribution in [-0.4, -0.2) is 24.9 Å². The summed E-state index contributed by atoms with van der Waals surface area (Å²) in [5, 5.41) is 0.257. The van der Waals surface area contributed by atoms with E-state index in [1.165, 1.54) is 24.3 Å². The molecule has 20 heavy (non-hydrogen) atoms. The van der Waals surface area contributed by atoms with Crippen molar-refractivity contribution in [3.8, 4) is 0 Å². The van der Waals surface area contributed by atoms with Gasteiger partial charge in [-0.1, -0.05) is 50.3 Å². The van der Waals surface area contributed by atoms with Crippen molar-refractivity contribution in [2.45, 2.75) is 57.2 Å². The van der Waals surface area contributed by atoms with Crippen LogP contribution >= 0.6 is 11.6 Å². The van der Waals surface area contributed by atoms with Gasteiger partial charge in [0, 0.05) is 37.0 Å². The molecule has 2 rings (SSSR count). The van der Waals surface area contributed by atoms with Crippen LogP contribution < -0.4 is 0 Å². The lowest BCUT2D eigenvalue weighted by Gasteiger charge is -2.51. The average Bonchev–Trinajstić information content (AvgIpc) is 2.56. The smallest absolute Gasteiger partial charge is 0.0476 e. The Bertz CT molecular complexity index is 880. The van der Waals surface area contributed by atoms with E-state index in [1.54, 1.807) is 0 Å². The highest BCUT2D eigenvalue weighted by Gasteiger charge is 2.46. The Morgan fingerprint density at radius 1 is 1.40 bits per heavy atom. The highest BCUT2D eigenvalue weighted by atomic mass is 35.5. The van der Waals surface area contributed by atoms with Crippen molar-refractivity contribution in [1.82, 2.24) is 4.90 Å². The van der Waals surface area contributed by atoms with Crippen LogP contribution in [0.15, 0.2) is 24.3 Å². The summed E-state index contributed by atoms with van der Waals surface area (Å²) in [5.74, 6) is -3.75. The third-order valence-corrected chi connectivity index (χ3v) is 4.03. The van der Waals surface area contributed by atoms with E-state index in [0.29, 0.717) is 13.3 Å². The average molecular weight is 309 g/mol. The molecule has 1 aromatic carbocycles. The molecule has 0 spiro atoms. The Kier molecular flexibility index (Phi) is 1.71. The summed E-state index contributed by atoms with van der Waals surface area (Å²) in [6.07, 6.45) is -6.93. The van der Waals surface area contributed by atoms with Crippen molar-refractivity contribution >= 4 is 11.6 Å². The summed E-state index contributed by atoms with van der Waals surface area (Å²) < 4.78 is 124. The van der Waals surface area contributed by atoms with Gasteiger partial charge in [0.05, 0.1) is 0 Å². The van der Waals surface area contributed by atoms with Crippen LogP contribution in [-0.2, 0) is 5.41 Å². The predicted octanol–water partition coefficient (Wildman–Crippen LogP) is 5.13. The van der Waals surface area contributed by atoms with Gasteiger partial charge in [-0.05, 0) is 56.8 Å². The molecule has 0 aromatic heterocycles. The molecule has 112 valence electrons. The van der Waals surface area contributed by atoms with Gasteiger partial charge < -0.3 is 4.90 Å². The van der Waals surface area contributed by atoms with Crippen molar-refractivity contribution in [3.05, 3.63) is 34.9 Å². The minimum atomic E-state index is -3.88. The van der Waals surface area contributed by atoms with E-state index in [4.69, 9.17) is 30.8 Å². The first-order valence-corrected chi connectivity index (χ1v) is 6.77. The quantitative estimate of drug-likeness (QED) is 0.704. The van der Waals surface area contributed by atoms with Gasteiger partial charge in [0.1, 0.15) is 0 Å². The molecule has 1 saturated carbocycles. The van der Waals surface area contributed by atoms with Gasteiger partial charge in [-0.25, -0.2) is 0 Å². The number of rotatable bonds is 6. The Labute approximate surface area is 150 Å². The third-order valence-electron chi connectivity index (χ3n) is 3.77. The summed E-state index contributed by atoms with van der Waals surface area (Å²) in [7, 11) is 0.